The molecule has 4 N–H and O–H groups in total. The molecular weight excluding hydrogens is 744 g/mol. The number of hydrogen-bond acceptors (Lipinski definition) is 11. The summed E-state index contributed by atoms with van der Waals surface area (Å²) in [7, 11) is 1.60. The number of piperidine rings is 1. The molecule has 0 radical (unpaired) electrons. The molecule has 3 aromatic carbocycles. The summed E-state index contributed by atoms with van der Waals surface area (Å²) in [5.74, 6) is 2.31. The van der Waals surface area contributed by atoms with E-state index < -0.39 is 5.82 Å². The molecule has 0 atom stereocenters. The van der Waals surface area contributed by atoms with Crippen molar-refractivity contribution in [2.75, 3.05) is 69.9 Å². The zero-order valence-electron chi connectivity index (χ0n) is 30.6. The minimum Gasteiger partial charge on any atom is -0.493 e. The van der Waals surface area contributed by atoms with Crippen LogP contribution in [0, 0.1) is 5.82 Å². The van der Waals surface area contributed by atoms with E-state index in [4.69, 9.17) is 43.1 Å². The van der Waals surface area contributed by atoms with Crippen LogP contribution in [0.3, 0.4) is 0 Å². The molecule has 2 aliphatic heterocycles. The van der Waals surface area contributed by atoms with E-state index in [1.807, 2.05) is 36.5 Å². The molecule has 55 heavy (non-hydrogen) atoms. The second-order valence-corrected chi connectivity index (χ2v) is 14.6. The Morgan fingerprint density at radius 3 is 2.45 bits per heavy atom. The van der Waals surface area contributed by atoms with Gasteiger partial charge in [-0.2, -0.15) is 0 Å². The number of nitrogens with zero attached hydrogens (tertiary/aromatic N) is 6. The molecule has 5 heterocycles. The number of morpholine rings is 1. The molecule has 0 bridgehead atoms. The number of rotatable bonds is 11. The van der Waals surface area contributed by atoms with Crippen molar-refractivity contribution in [3.8, 4) is 11.5 Å². The Morgan fingerprint density at radius 1 is 0.909 bits per heavy atom. The van der Waals surface area contributed by atoms with Crippen LogP contribution in [0.1, 0.15) is 24.8 Å². The molecule has 0 amide bonds. The number of halogens is 3. The predicted molar refractivity (Wildman–Crippen MR) is 216 cm³/mol. The molecule has 8 rings (SSSR count). The van der Waals surface area contributed by atoms with Crippen molar-refractivity contribution >= 4 is 62.5 Å². The smallest absolute Gasteiger partial charge is 0.162 e. The molecule has 2 fully saturated rings. The molecule has 0 aliphatic carbocycles. The lowest BCUT2D eigenvalue weighted by molar-refractivity contribution is 0.0357. The maximum absolute atomic E-state index is 13.5. The molecule has 288 valence electrons. The lowest BCUT2D eigenvalue weighted by Crippen LogP contribution is -2.52. The number of nitrogens with one attached hydrogen (secondary N) is 2. The highest BCUT2D eigenvalue weighted by molar-refractivity contribution is 6.31. The zero-order chi connectivity index (χ0) is 38.2. The van der Waals surface area contributed by atoms with Crippen LogP contribution in [0.15, 0.2) is 79.5 Å². The number of anilines is 3. The highest BCUT2D eigenvalue weighted by Crippen LogP contribution is 2.35. The second-order valence-electron chi connectivity index (χ2n) is 13.7. The maximum Gasteiger partial charge on any atom is 0.162 e. The lowest BCUT2D eigenvalue weighted by Gasteiger charge is -2.40. The molecule has 2 aliphatic rings. The number of aromatic amines is 1. The molecule has 0 spiro atoms. The Kier molecular flexibility index (Phi) is 12.4. The maximum atomic E-state index is 13.5. The van der Waals surface area contributed by atoms with Gasteiger partial charge in [0.1, 0.15) is 35.8 Å². The van der Waals surface area contributed by atoms with Gasteiger partial charge in [-0.25, -0.2) is 24.3 Å². The van der Waals surface area contributed by atoms with Gasteiger partial charge in [0.25, 0.3) is 0 Å². The van der Waals surface area contributed by atoms with E-state index in [9.17, 15) is 4.39 Å². The third kappa shape index (κ3) is 9.72. The van der Waals surface area contributed by atoms with Gasteiger partial charge in [0.2, 0.25) is 0 Å². The molecule has 2 saturated heterocycles. The standard InChI is InChI=1S/C22H24ClFN4O3.C18H20ClN5/c1-29-20-13-19-16(12-21(20)31-8-2-5-28-6-9-30-10-7-28)22(26-14-25-19)27-15-3-4-18(24)17(23)11-15;19-14-3-1-13(2-4-14)11-18(20)6-9-24(10-7-18)17-15-5-8-21-16(15)22-12-23-17/h3-4,11-14H,2,5-10H2,1H3,(H,25,26,27);1-5,8,12H,6-7,9-11,20H2,(H,21,22,23). The summed E-state index contributed by atoms with van der Waals surface area (Å²) in [6.45, 7) is 6.81. The molecule has 15 heteroatoms. The molecule has 0 saturated carbocycles. The van der Waals surface area contributed by atoms with Crippen LogP contribution in [-0.2, 0) is 11.2 Å². The quantitative estimate of drug-likeness (QED) is 0.113. The van der Waals surface area contributed by atoms with E-state index in [0.29, 0.717) is 35.1 Å². The van der Waals surface area contributed by atoms with Crippen molar-refractivity contribution in [3.05, 3.63) is 101 Å². The number of H-pyrrole nitrogens is 1. The van der Waals surface area contributed by atoms with Crippen molar-refractivity contribution in [2.24, 2.45) is 5.73 Å². The Balaban J connectivity index is 0.000000174. The Morgan fingerprint density at radius 2 is 1.69 bits per heavy atom. The third-order valence-corrected chi connectivity index (χ3v) is 10.5. The van der Waals surface area contributed by atoms with Crippen LogP contribution in [0.25, 0.3) is 21.9 Å². The van der Waals surface area contributed by atoms with E-state index in [2.05, 4.69) is 52.2 Å². The van der Waals surface area contributed by atoms with Crippen molar-refractivity contribution in [1.82, 2.24) is 29.8 Å². The molecule has 12 nitrogen and oxygen atoms in total. The molecular formula is C40H44Cl2FN9O3. The van der Waals surface area contributed by atoms with Crippen molar-refractivity contribution in [2.45, 2.75) is 31.2 Å². The number of benzene rings is 3. The number of nitrogens with two attached hydrogens (primary N) is 1. The van der Waals surface area contributed by atoms with Crippen LogP contribution in [0.5, 0.6) is 11.5 Å². The van der Waals surface area contributed by atoms with Gasteiger partial charge in [0, 0.05) is 66.6 Å². The first kappa shape index (κ1) is 38.5. The summed E-state index contributed by atoms with van der Waals surface area (Å²) in [6, 6.07) is 18.1. The Labute approximate surface area is 329 Å². The number of methoxy groups -OCH3 is 1. The summed E-state index contributed by atoms with van der Waals surface area (Å²) in [6.07, 6.45) is 8.62. The fourth-order valence-electron chi connectivity index (χ4n) is 6.90. The first-order valence-electron chi connectivity index (χ1n) is 18.3. The van der Waals surface area contributed by atoms with E-state index in [-0.39, 0.29) is 10.6 Å². The van der Waals surface area contributed by atoms with E-state index in [1.54, 1.807) is 19.5 Å². The van der Waals surface area contributed by atoms with Crippen LogP contribution >= 0.6 is 23.2 Å². The van der Waals surface area contributed by atoms with Crippen LogP contribution in [-0.4, -0.2) is 95.0 Å². The average Bonchev–Trinajstić information content (AvgIpc) is 3.69. The first-order chi connectivity index (χ1) is 26.8. The fraction of sp³-hybridized carbons (Fsp3) is 0.350. The van der Waals surface area contributed by atoms with Gasteiger partial charge in [-0.05, 0) is 73.7 Å². The highest BCUT2D eigenvalue weighted by Gasteiger charge is 2.32. The minimum absolute atomic E-state index is 0.0364. The number of fused-ring (bicyclic) bond motifs is 2. The summed E-state index contributed by atoms with van der Waals surface area (Å²) < 4.78 is 30.4. The van der Waals surface area contributed by atoms with Gasteiger partial charge in [-0.1, -0.05) is 35.3 Å². The predicted octanol–water partition coefficient (Wildman–Crippen LogP) is 7.43. The van der Waals surface area contributed by atoms with Gasteiger partial charge in [0.15, 0.2) is 11.5 Å². The van der Waals surface area contributed by atoms with Gasteiger partial charge in [-0.3, -0.25) is 4.90 Å². The van der Waals surface area contributed by atoms with Crippen LogP contribution in [0.2, 0.25) is 10.0 Å². The Hall–Kier alpha value is -4.79. The second kappa shape index (κ2) is 17.8. The fourth-order valence-corrected chi connectivity index (χ4v) is 7.21. The van der Waals surface area contributed by atoms with E-state index >= 15 is 0 Å². The van der Waals surface area contributed by atoms with Crippen molar-refractivity contribution in [1.29, 1.82) is 0 Å². The van der Waals surface area contributed by atoms with Gasteiger partial charge in [-0.15, -0.1) is 0 Å². The van der Waals surface area contributed by atoms with Crippen molar-refractivity contribution < 1.29 is 18.6 Å². The molecule has 0 unspecified atom stereocenters. The van der Waals surface area contributed by atoms with Crippen LogP contribution in [0.4, 0.5) is 21.7 Å². The summed E-state index contributed by atoms with van der Waals surface area (Å²) in [5.41, 5.74) is 9.93. The number of aromatic nitrogens is 5. The van der Waals surface area contributed by atoms with Crippen molar-refractivity contribution in [3.63, 3.8) is 0 Å². The number of hydrogen-bond donors (Lipinski definition) is 3. The van der Waals surface area contributed by atoms with E-state index in [0.717, 1.165) is 98.9 Å². The normalized spacial score (nSPS) is 15.8. The minimum atomic E-state index is -0.475. The summed E-state index contributed by atoms with van der Waals surface area (Å²) in [5, 5.41) is 5.80. The largest absolute Gasteiger partial charge is 0.493 e. The first-order valence-corrected chi connectivity index (χ1v) is 19.1. The highest BCUT2D eigenvalue weighted by atomic mass is 35.5. The number of ether oxygens (including phenoxy) is 3. The molecule has 6 aromatic rings. The summed E-state index contributed by atoms with van der Waals surface area (Å²) >= 11 is 11.9. The van der Waals surface area contributed by atoms with Gasteiger partial charge < -0.3 is 35.1 Å². The monoisotopic (exact) mass is 787 g/mol. The summed E-state index contributed by atoms with van der Waals surface area (Å²) in [4.78, 5) is 25.2. The van der Waals surface area contributed by atoms with Gasteiger partial charge in [0.05, 0.1) is 42.9 Å². The Bertz CT molecular complexity index is 2190. The molecule has 3 aromatic heterocycles. The topological polar surface area (TPSA) is 140 Å². The van der Waals surface area contributed by atoms with E-state index in [1.165, 1.54) is 24.0 Å². The SMILES string of the molecule is COc1cc2ncnc(Nc3ccc(F)c(Cl)c3)c2cc1OCCCN1CCOCC1.NC1(Cc2ccc(Cl)cc2)CCN(c2ncnc3[nH]ccc23)CC1. The van der Waals surface area contributed by atoms with Gasteiger partial charge >= 0.3 is 0 Å². The zero-order valence-corrected chi connectivity index (χ0v) is 32.1. The lowest BCUT2D eigenvalue weighted by atomic mass is 9.83. The van der Waals surface area contributed by atoms with Crippen LogP contribution < -0.4 is 25.4 Å². The average molecular weight is 789 g/mol. The third-order valence-electron chi connectivity index (χ3n) is 9.94.